The summed E-state index contributed by atoms with van der Waals surface area (Å²) in [5.74, 6) is 1.54. The Morgan fingerprint density at radius 2 is 2.19 bits per heavy atom. The molecule has 21 heavy (non-hydrogen) atoms. The van der Waals surface area contributed by atoms with Crippen LogP contribution in [0.3, 0.4) is 0 Å². The lowest BCUT2D eigenvalue weighted by molar-refractivity contribution is 0.0599. The van der Waals surface area contributed by atoms with Gasteiger partial charge in [-0.3, -0.25) is 4.68 Å². The molecule has 0 bridgehead atoms. The highest BCUT2D eigenvalue weighted by atomic mass is 35.5. The molecule has 3 rings (SSSR count). The van der Waals surface area contributed by atoms with Gasteiger partial charge in [0.05, 0.1) is 23.0 Å². The van der Waals surface area contributed by atoms with E-state index in [0.29, 0.717) is 11.6 Å². The Morgan fingerprint density at radius 3 is 2.86 bits per heavy atom. The summed E-state index contributed by atoms with van der Waals surface area (Å²) >= 11 is 6.28. The van der Waals surface area contributed by atoms with Crippen LogP contribution in [0.5, 0.6) is 11.5 Å². The number of rotatable bonds is 4. The van der Waals surface area contributed by atoms with Crippen LogP contribution in [-0.2, 0) is 7.05 Å². The third-order valence-corrected chi connectivity index (χ3v) is 3.85. The van der Waals surface area contributed by atoms with Crippen LogP contribution in [0.2, 0.25) is 5.02 Å². The van der Waals surface area contributed by atoms with Crippen molar-refractivity contribution in [2.24, 2.45) is 7.05 Å². The highest BCUT2D eigenvalue weighted by Crippen LogP contribution is 2.35. The molecule has 1 aliphatic heterocycles. The van der Waals surface area contributed by atoms with E-state index >= 15 is 0 Å². The van der Waals surface area contributed by atoms with E-state index in [9.17, 15) is 0 Å². The van der Waals surface area contributed by atoms with Crippen molar-refractivity contribution in [3.8, 4) is 11.5 Å². The summed E-state index contributed by atoms with van der Waals surface area (Å²) in [6, 6.07) is 7.61. The number of halogens is 1. The van der Waals surface area contributed by atoms with Gasteiger partial charge >= 0.3 is 0 Å². The van der Waals surface area contributed by atoms with Crippen LogP contribution in [-0.4, -0.2) is 29.0 Å². The number of benzene rings is 1. The summed E-state index contributed by atoms with van der Waals surface area (Å²) in [5, 5.41) is 8.25. The number of ether oxygens (including phenoxy) is 2. The molecule has 0 saturated heterocycles. The van der Waals surface area contributed by atoms with Gasteiger partial charge in [0.15, 0.2) is 17.6 Å². The zero-order valence-electron chi connectivity index (χ0n) is 12.0. The van der Waals surface area contributed by atoms with Crippen molar-refractivity contribution >= 4 is 11.6 Å². The van der Waals surface area contributed by atoms with Gasteiger partial charge in [-0.15, -0.1) is 0 Å². The second-order valence-electron chi connectivity index (χ2n) is 4.95. The molecule has 112 valence electrons. The van der Waals surface area contributed by atoms with Crippen LogP contribution in [0.1, 0.15) is 18.7 Å². The van der Waals surface area contributed by atoms with E-state index in [0.717, 1.165) is 23.7 Å². The van der Waals surface area contributed by atoms with E-state index < -0.39 is 0 Å². The number of hydrogen-bond donors (Lipinski definition) is 1. The van der Waals surface area contributed by atoms with Crippen molar-refractivity contribution in [1.29, 1.82) is 0 Å². The van der Waals surface area contributed by atoms with Crippen LogP contribution in [0, 0.1) is 0 Å². The smallest absolute Gasteiger partial charge is 0.161 e. The topological polar surface area (TPSA) is 48.3 Å². The molecule has 1 aromatic carbocycles. The fourth-order valence-corrected chi connectivity index (χ4v) is 2.88. The zero-order valence-corrected chi connectivity index (χ0v) is 12.8. The normalized spacial score (nSPS) is 18.5. The maximum Gasteiger partial charge on any atom is 0.161 e. The van der Waals surface area contributed by atoms with Gasteiger partial charge in [0.25, 0.3) is 0 Å². The predicted molar refractivity (Wildman–Crippen MR) is 81.0 cm³/mol. The van der Waals surface area contributed by atoms with Crippen molar-refractivity contribution in [3.05, 3.63) is 41.2 Å². The monoisotopic (exact) mass is 307 g/mol. The number of fused-ring (bicyclic) bond motifs is 1. The molecule has 0 radical (unpaired) electrons. The number of aromatic nitrogens is 2. The Hall–Kier alpha value is -1.72. The second kappa shape index (κ2) is 5.95. The first-order valence-electron chi connectivity index (χ1n) is 7.00. The van der Waals surface area contributed by atoms with Crippen molar-refractivity contribution in [2.75, 3.05) is 13.2 Å². The standard InChI is InChI=1S/C15H18ClN3O2/c1-3-17-14(15-10(16)8-18-19(15)2)13-9-20-11-6-4-5-7-12(11)21-13/h4-8,13-14,17H,3,9H2,1-2H3. The Bertz CT molecular complexity index is 610. The second-order valence-corrected chi connectivity index (χ2v) is 5.36. The SMILES string of the molecule is CCNC(c1c(Cl)cnn1C)C1COc2ccccc2O1. The highest BCUT2D eigenvalue weighted by Gasteiger charge is 2.32. The average molecular weight is 308 g/mol. The quantitative estimate of drug-likeness (QED) is 0.943. The molecule has 1 N–H and O–H groups in total. The van der Waals surface area contributed by atoms with Crippen LogP contribution in [0.15, 0.2) is 30.5 Å². The summed E-state index contributed by atoms with van der Waals surface area (Å²) in [6.45, 7) is 3.32. The van der Waals surface area contributed by atoms with Crippen LogP contribution in [0.25, 0.3) is 0 Å². The molecule has 0 amide bonds. The summed E-state index contributed by atoms with van der Waals surface area (Å²) in [7, 11) is 1.88. The third kappa shape index (κ3) is 2.71. The molecule has 1 aliphatic rings. The molecule has 0 spiro atoms. The van der Waals surface area contributed by atoms with Gasteiger partial charge in [0.2, 0.25) is 0 Å². The van der Waals surface area contributed by atoms with Gasteiger partial charge in [0, 0.05) is 7.05 Å². The molecule has 0 fully saturated rings. The maximum atomic E-state index is 6.28. The molecule has 2 unspecified atom stereocenters. The number of nitrogens with zero attached hydrogens (tertiary/aromatic N) is 2. The molecular formula is C15H18ClN3O2. The molecule has 2 heterocycles. The van der Waals surface area contributed by atoms with E-state index in [4.69, 9.17) is 21.1 Å². The van der Waals surface area contributed by atoms with E-state index in [1.807, 2.05) is 31.3 Å². The minimum absolute atomic E-state index is 0.0802. The van der Waals surface area contributed by atoms with Gasteiger partial charge < -0.3 is 14.8 Å². The summed E-state index contributed by atoms with van der Waals surface area (Å²) in [5.41, 5.74) is 0.909. The fraction of sp³-hybridized carbons (Fsp3) is 0.400. The Morgan fingerprint density at radius 1 is 1.43 bits per heavy atom. The molecule has 6 heteroatoms. The summed E-state index contributed by atoms with van der Waals surface area (Å²) < 4.78 is 13.7. The lowest BCUT2D eigenvalue weighted by Gasteiger charge is -2.32. The molecule has 0 aliphatic carbocycles. The fourth-order valence-electron chi connectivity index (χ4n) is 2.59. The number of aryl methyl sites for hydroxylation is 1. The van der Waals surface area contributed by atoms with E-state index in [-0.39, 0.29) is 12.1 Å². The van der Waals surface area contributed by atoms with Gasteiger partial charge in [-0.1, -0.05) is 30.7 Å². The first kappa shape index (κ1) is 14.2. The molecule has 5 nitrogen and oxygen atoms in total. The van der Waals surface area contributed by atoms with Gasteiger partial charge in [-0.2, -0.15) is 5.10 Å². The first-order chi connectivity index (χ1) is 10.2. The molecule has 1 aromatic heterocycles. The summed E-state index contributed by atoms with van der Waals surface area (Å²) in [6.07, 6.45) is 1.49. The van der Waals surface area contributed by atoms with Crippen molar-refractivity contribution < 1.29 is 9.47 Å². The maximum absolute atomic E-state index is 6.28. The number of para-hydroxylation sites is 2. The number of nitrogens with one attached hydrogen (secondary N) is 1. The van der Waals surface area contributed by atoms with Crippen molar-refractivity contribution in [1.82, 2.24) is 15.1 Å². The first-order valence-corrected chi connectivity index (χ1v) is 7.37. The molecule has 2 atom stereocenters. The summed E-state index contributed by atoms with van der Waals surface area (Å²) in [4.78, 5) is 0. The lowest BCUT2D eigenvalue weighted by Crippen LogP contribution is -2.42. The minimum atomic E-state index is -0.159. The molecule has 0 saturated carbocycles. The lowest BCUT2D eigenvalue weighted by atomic mass is 10.1. The number of likely N-dealkylation sites (N-methyl/N-ethyl adjacent to an activating group) is 1. The predicted octanol–water partition coefficient (Wildman–Crippen LogP) is 2.56. The third-order valence-electron chi connectivity index (χ3n) is 3.56. The van der Waals surface area contributed by atoms with Gasteiger partial charge in [0.1, 0.15) is 6.61 Å². The van der Waals surface area contributed by atoms with E-state index in [2.05, 4.69) is 17.3 Å². The van der Waals surface area contributed by atoms with Crippen LogP contribution < -0.4 is 14.8 Å². The average Bonchev–Trinajstić information content (AvgIpc) is 2.84. The largest absolute Gasteiger partial charge is 0.486 e. The van der Waals surface area contributed by atoms with Crippen molar-refractivity contribution in [2.45, 2.75) is 19.1 Å². The Balaban J connectivity index is 1.89. The van der Waals surface area contributed by atoms with Crippen LogP contribution in [0.4, 0.5) is 0 Å². The van der Waals surface area contributed by atoms with Gasteiger partial charge in [-0.25, -0.2) is 0 Å². The minimum Gasteiger partial charge on any atom is -0.486 e. The molecule has 2 aromatic rings. The number of hydrogen-bond acceptors (Lipinski definition) is 4. The van der Waals surface area contributed by atoms with Crippen molar-refractivity contribution in [3.63, 3.8) is 0 Å². The van der Waals surface area contributed by atoms with Crippen LogP contribution >= 0.6 is 11.6 Å². The Kier molecular flexibility index (Phi) is 4.03. The van der Waals surface area contributed by atoms with E-state index in [1.165, 1.54) is 0 Å². The van der Waals surface area contributed by atoms with Gasteiger partial charge in [-0.05, 0) is 18.7 Å². The Labute approximate surface area is 128 Å². The zero-order chi connectivity index (χ0) is 14.8. The highest BCUT2D eigenvalue weighted by molar-refractivity contribution is 6.31. The van der Waals surface area contributed by atoms with E-state index in [1.54, 1.807) is 10.9 Å². The molecular weight excluding hydrogens is 290 g/mol.